The van der Waals surface area contributed by atoms with E-state index in [-0.39, 0.29) is 18.8 Å². The summed E-state index contributed by atoms with van der Waals surface area (Å²) >= 11 is 1.31. The van der Waals surface area contributed by atoms with Crippen molar-refractivity contribution in [2.45, 2.75) is 58.7 Å². The predicted octanol–water partition coefficient (Wildman–Crippen LogP) is 6.88. The van der Waals surface area contributed by atoms with E-state index in [1.165, 1.54) is 11.3 Å². The van der Waals surface area contributed by atoms with Gasteiger partial charge in [-0.05, 0) is 79.5 Å². The smallest absolute Gasteiger partial charge is 0.433 e. The maximum atomic E-state index is 13.1. The molecule has 1 fully saturated rings. The normalized spacial score (nSPS) is 21.8. The SMILES string of the molecule is CC=C(C)c1cc(Nc2nccc(C(F)(F)F)n2)cc(-c2cnc([C@]3(O)CC[C@@H](C(=O)O)C(C)(C)C3)s2)c1. The Balaban J connectivity index is 1.68. The zero-order valence-corrected chi connectivity index (χ0v) is 22.2. The summed E-state index contributed by atoms with van der Waals surface area (Å²) in [5.74, 6) is -1.59. The number of nitrogens with one attached hydrogen (secondary N) is 1. The van der Waals surface area contributed by atoms with Crippen molar-refractivity contribution in [3.05, 3.63) is 59.0 Å². The fraction of sp³-hybridized carbons (Fsp3) is 0.407. The number of aliphatic carboxylic acids is 1. The molecule has 0 aliphatic heterocycles. The predicted molar refractivity (Wildman–Crippen MR) is 140 cm³/mol. The van der Waals surface area contributed by atoms with E-state index < -0.39 is 34.8 Å². The van der Waals surface area contributed by atoms with E-state index in [2.05, 4.69) is 20.3 Å². The summed E-state index contributed by atoms with van der Waals surface area (Å²) in [5.41, 5.74) is 0.140. The molecule has 11 heteroatoms. The molecule has 0 spiro atoms. The molecule has 0 unspecified atom stereocenters. The Bertz CT molecular complexity index is 1390. The van der Waals surface area contributed by atoms with Crippen LogP contribution in [0.25, 0.3) is 16.0 Å². The summed E-state index contributed by atoms with van der Waals surface area (Å²) in [6, 6.07) is 6.32. The van der Waals surface area contributed by atoms with Gasteiger partial charge in [-0.2, -0.15) is 13.2 Å². The third-order valence-corrected chi connectivity index (χ3v) is 8.29. The van der Waals surface area contributed by atoms with Crippen molar-refractivity contribution >= 4 is 34.5 Å². The van der Waals surface area contributed by atoms with E-state index in [1.54, 1.807) is 18.3 Å². The summed E-state index contributed by atoms with van der Waals surface area (Å²) < 4.78 is 39.4. The van der Waals surface area contributed by atoms with Crippen molar-refractivity contribution in [1.29, 1.82) is 0 Å². The van der Waals surface area contributed by atoms with E-state index in [1.807, 2.05) is 39.8 Å². The molecule has 1 aliphatic rings. The minimum Gasteiger partial charge on any atom is -0.481 e. The maximum absolute atomic E-state index is 13.1. The third kappa shape index (κ3) is 5.73. The molecule has 0 radical (unpaired) electrons. The average Bonchev–Trinajstić information content (AvgIpc) is 3.33. The van der Waals surface area contributed by atoms with Crippen molar-refractivity contribution in [3.63, 3.8) is 0 Å². The van der Waals surface area contributed by atoms with Gasteiger partial charge in [0, 0.05) is 18.1 Å². The lowest BCUT2D eigenvalue weighted by Crippen LogP contribution is -2.44. The van der Waals surface area contributed by atoms with Gasteiger partial charge in [0.25, 0.3) is 0 Å². The number of carboxylic acid groups (broad SMARTS) is 1. The summed E-state index contributed by atoms with van der Waals surface area (Å²) in [6.45, 7) is 7.51. The van der Waals surface area contributed by atoms with Crippen LogP contribution in [-0.4, -0.2) is 31.1 Å². The molecule has 0 amide bonds. The van der Waals surface area contributed by atoms with Crippen LogP contribution in [0.1, 0.15) is 63.2 Å². The van der Waals surface area contributed by atoms with Gasteiger partial charge in [-0.1, -0.05) is 19.9 Å². The Morgan fingerprint density at radius 3 is 2.61 bits per heavy atom. The average molecular weight is 547 g/mol. The van der Waals surface area contributed by atoms with E-state index >= 15 is 0 Å². The van der Waals surface area contributed by atoms with E-state index in [0.29, 0.717) is 17.1 Å². The highest BCUT2D eigenvalue weighted by Gasteiger charge is 2.49. The van der Waals surface area contributed by atoms with Crippen molar-refractivity contribution in [2.24, 2.45) is 11.3 Å². The molecule has 1 saturated carbocycles. The number of carbonyl (C=O) groups is 1. The number of alkyl halides is 3. The molecule has 1 aliphatic carbocycles. The number of aromatic nitrogens is 3. The van der Waals surface area contributed by atoms with Gasteiger partial charge in [-0.25, -0.2) is 15.0 Å². The number of benzene rings is 1. The second-order valence-electron chi connectivity index (χ2n) is 10.3. The van der Waals surface area contributed by atoms with Crippen molar-refractivity contribution < 1.29 is 28.2 Å². The molecule has 0 bridgehead atoms. The summed E-state index contributed by atoms with van der Waals surface area (Å²) in [7, 11) is 0. The molecule has 2 heterocycles. The summed E-state index contributed by atoms with van der Waals surface area (Å²) in [5, 5.41) is 24.4. The highest BCUT2D eigenvalue weighted by molar-refractivity contribution is 7.15. The lowest BCUT2D eigenvalue weighted by molar-refractivity contribution is -0.154. The number of hydrogen-bond donors (Lipinski definition) is 3. The Kier molecular flexibility index (Phi) is 7.37. The number of halogens is 3. The van der Waals surface area contributed by atoms with Gasteiger partial charge in [0.15, 0.2) is 0 Å². The Morgan fingerprint density at radius 1 is 1.24 bits per heavy atom. The molecule has 3 aromatic rings. The van der Waals surface area contributed by atoms with Gasteiger partial charge in [0.1, 0.15) is 16.3 Å². The lowest BCUT2D eigenvalue weighted by atomic mass is 9.63. The Morgan fingerprint density at radius 2 is 1.97 bits per heavy atom. The summed E-state index contributed by atoms with van der Waals surface area (Å²) in [6.07, 6.45) is 0.937. The number of thiazole rings is 1. The first-order chi connectivity index (χ1) is 17.7. The highest BCUT2D eigenvalue weighted by Crippen LogP contribution is 2.51. The van der Waals surface area contributed by atoms with Gasteiger partial charge < -0.3 is 15.5 Å². The molecule has 2 aromatic heterocycles. The standard InChI is InChI=1S/C27H29F3N4O3S/c1-5-15(2)16-10-17(12-18(11-16)33-24-31-9-7-21(34-24)27(28,29)30)20-13-32-23(38-20)26(37)8-6-19(22(35)36)25(3,4)14-26/h5,7,9-13,19,37H,6,8,14H2,1-4H3,(H,35,36)(H,31,33,34)/t19-,26-/m0/s1. The van der Waals surface area contributed by atoms with E-state index in [0.717, 1.165) is 33.8 Å². The molecule has 202 valence electrons. The molecule has 7 nitrogen and oxygen atoms in total. The monoisotopic (exact) mass is 546 g/mol. The maximum Gasteiger partial charge on any atom is 0.433 e. The quantitative estimate of drug-likeness (QED) is 0.309. The van der Waals surface area contributed by atoms with E-state index in [4.69, 9.17) is 0 Å². The van der Waals surface area contributed by atoms with Crippen molar-refractivity contribution in [1.82, 2.24) is 15.0 Å². The largest absolute Gasteiger partial charge is 0.481 e. The van der Waals surface area contributed by atoms with Gasteiger partial charge in [0.05, 0.1) is 10.8 Å². The van der Waals surface area contributed by atoms with Crippen LogP contribution in [0, 0.1) is 11.3 Å². The number of allylic oxidation sites excluding steroid dienone is 2. The highest BCUT2D eigenvalue weighted by atomic mass is 32.1. The van der Waals surface area contributed by atoms with Crippen LogP contribution in [0.2, 0.25) is 0 Å². The lowest BCUT2D eigenvalue weighted by Gasteiger charge is -2.44. The van der Waals surface area contributed by atoms with Crippen molar-refractivity contribution in [3.8, 4) is 10.4 Å². The fourth-order valence-corrected chi connectivity index (χ4v) is 5.96. The molecular formula is C27H29F3N4O3S. The first kappa shape index (κ1) is 27.7. The van der Waals surface area contributed by atoms with Crippen LogP contribution in [0.15, 0.2) is 42.7 Å². The van der Waals surface area contributed by atoms with Crippen LogP contribution in [0.3, 0.4) is 0 Å². The van der Waals surface area contributed by atoms with Gasteiger partial charge >= 0.3 is 12.1 Å². The van der Waals surface area contributed by atoms with Gasteiger partial charge in [-0.15, -0.1) is 11.3 Å². The third-order valence-electron chi connectivity index (χ3n) is 7.05. The van der Waals surface area contributed by atoms with Crippen LogP contribution in [-0.2, 0) is 16.6 Å². The van der Waals surface area contributed by atoms with Gasteiger partial charge in [-0.3, -0.25) is 4.79 Å². The Labute approximate surface area is 222 Å². The van der Waals surface area contributed by atoms with Gasteiger partial charge in [0.2, 0.25) is 5.95 Å². The second-order valence-corrected chi connectivity index (χ2v) is 11.3. The zero-order valence-electron chi connectivity index (χ0n) is 21.4. The number of aliphatic hydroxyl groups is 1. The molecule has 0 saturated heterocycles. The first-order valence-electron chi connectivity index (χ1n) is 12.1. The molecule has 4 rings (SSSR count). The molecule has 1 aromatic carbocycles. The first-order valence-corrected chi connectivity index (χ1v) is 12.9. The van der Waals surface area contributed by atoms with E-state index in [9.17, 15) is 28.2 Å². The summed E-state index contributed by atoms with van der Waals surface area (Å²) in [4.78, 5) is 24.5. The number of carboxylic acids is 1. The minimum absolute atomic E-state index is 0.183. The van der Waals surface area contributed by atoms with Crippen molar-refractivity contribution in [2.75, 3.05) is 5.32 Å². The van der Waals surface area contributed by atoms with Crippen LogP contribution >= 0.6 is 11.3 Å². The van der Waals surface area contributed by atoms with Crippen LogP contribution in [0.4, 0.5) is 24.8 Å². The minimum atomic E-state index is -4.59. The van der Waals surface area contributed by atoms with Crippen LogP contribution in [0.5, 0.6) is 0 Å². The Hall–Kier alpha value is -3.31. The second kappa shape index (κ2) is 10.1. The molecule has 2 atom stereocenters. The zero-order chi connectivity index (χ0) is 27.9. The number of anilines is 2. The van der Waals surface area contributed by atoms with Crippen LogP contribution < -0.4 is 5.32 Å². The topological polar surface area (TPSA) is 108 Å². The number of rotatable bonds is 6. The number of nitrogens with zero attached hydrogens (tertiary/aromatic N) is 3. The molecule has 3 N–H and O–H groups in total. The number of hydrogen-bond acceptors (Lipinski definition) is 7. The fourth-order valence-electron chi connectivity index (χ4n) is 4.94. The molecular weight excluding hydrogens is 517 g/mol. The molecule has 38 heavy (non-hydrogen) atoms.